The number of hydrogen-bond acceptors (Lipinski definition) is 5. The van der Waals surface area contributed by atoms with Gasteiger partial charge in [0.15, 0.2) is 4.47 Å². The van der Waals surface area contributed by atoms with Gasteiger partial charge in [-0.15, -0.1) is 11.3 Å². The zero-order valence-electron chi connectivity index (χ0n) is 11.6. The molecular formula is C14H6Cl4N2O2S2. The van der Waals surface area contributed by atoms with Gasteiger partial charge in [0.2, 0.25) is 0 Å². The standard InChI is InChI=1S/C14H6Cl4N2O2S2/c15-7-2-1-6(8(16)3-7)5-20-12(21)10(24-14(20)22)4-9-11(17)19-13(18)23-9/h1-4H,5H2/b10-4-. The van der Waals surface area contributed by atoms with Gasteiger partial charge in [0, 0.05) is 10.0 Å². The van der Waals surface area contributed by atoms with E-state index in [0.717, 1.165) is 28.0 Å². The van der Waals surface area contributed by atoms with Crippen LogP contribution in [-0.4, -0.2) is 21.0 Å². The molecule has 0 atom stereocenters. The highest BCUT2D eigenvalue weighted by molar-refractivity contribution is 8.18. The second kappa shape index (κ2) is 7.23. The summed E-state index contributed by atoms with van der Waals surface area (Å²) in [5.74, 6) is -0.420. The summed E-state index contributed by atoms with van der Waals surface area (Å²) in [6.07, 6.45) is 1.51. The summed E-state index contributed by atoms with van der Waals surface area (Å²) in [5, 5.41) is 0.679. The van der Waals surface area contributed by atoms with Crippen LogP contribution < -0.4 is 0 Å². The normalized spacial score (nSPS) is 16.5. The van der Waals surface area contributed by atoms with Crippen molar-refractivity contribution in [2.75, 3.05) is 0 Å². The Morgan fingerprint density at radius 1 is 1.17 bits per heavy atom. The molecule has 0 aliphatic carbocycles. The predicted molar refractivity (Wildman–Crippen MR) is 100 cm³/mol. The van der Waals surface area contributed by atoms with Gasteiger partial charge in [-0.05, 0) is 35.5 Å². The fourth-order valence-corrected chi connectivity index (χ4v) is 4.62. The fourth-order valence-electron chi connectivity index (χ4n) is 1.95. The molecule has 1 aliphatic rings. The van der Waals surface area contributed by atoms with Crippen LogP contribution in [0.5, 0.6) is 0 Å². The van der Waals surface area contributed by atoms with Gasteiger partial charge in [0.05, 0.1) is 16.3 Å². The molecule has 0 saturated carbocycles. The van der Waals surface area contributed by atoms with Gasteiger partial charge < -0.3 is 0 Å². The number of thiazole rings is 1. The Labute approximate surface area is 165 Å². The van der Waals surface area contributed by atoms with Crippen molar-refractivity contribution in [3.05, 3.63) is 53.2 Å². The van der Waals surface area contributed by atoms with Crippen LogP contribution in [-0.2, 0) is 11.3 Å². The Bertz CT molecular complexity index is 882. The summed E-state index contributed by atoms with van der Waals surface area (Å²) in [4.78, 5) is 30.4. The van der Waals surface area contributed by atoms with Crippen molar-refractivity contribution >= 4 is 86.7 Å². The molecule has 24 heavy (non-hydrogen) atoms. The molecule has 1 aromatic heterocycles. The Morgan fingerprint density at radius 2 is 1.92 bits per heavy atom. The van der Waals surface area contributed by atoms with Crippen LogP contribution in [0.15, 0.2) is 23.1 Å². The number of halogens is 4. The van der Waals surface area contributed by atoms with E-state index < -0.39 is 5.91 Å². The number of thioether (sulfide) groups is 1. The lowest BCUT2D eigenvalue weighted by atomic mass is 10.2. The van der Waals surface area contributed by atoms with E-state index in [2.05, 4.69) is 4.98 Å². The van der Waals surface area contributed by atoms with Gasteiger partial charge in [0.1, 0.15) is 5.15 Å². The summed E-state index contributed by atoms with van der Waals surface area (Å²) < 4.78 is 0.262. The number of benzene rings is 1. The predicted octanol–water partition coefficient (Wildman–Crippen LogP) is 5.99. The Hall–Kier alpha value is -0.760. The van der Waals surface area contributed by atoms with Crippen LogP contribution in [0.25, 0.3) is 6.08 Å². The van der Waals surface area contributed by atoms with Crippen molar-refractivity contribution in [3.63, 3.8) is 0 Å². The molecule has 10 heteroatoms. The number of nitrogens with zero attached hydrogens (tertiary/aromatic N) is 2. The van der Waals surface area contributed by atoms with Crippen LogP contribution >= 0.6 is 69.5 Å². The first-order chi connectivity index (χ1) is 11.3. The minimum Gasteiger partial charge on any atom is -0.268 e. The Balaban J connectivity index is 1.85. The van der Waals surface area contributed by atoms with E-state index in [-0.39, 0.29) is 26.3 Å². The highest BCUT2D eigenvalue weighted by atomic mass is 35.5. The van der Waals surface area contributed by atoms with Gasteiger partial charge in [0.25, 0.3) is 11.1 Å². The maximum absolute atomic E-state index is 12.5. The molecule has 1 saturated heterocycles. The molecule has 0 N–H and O–H groups in total. The minimum absolute atomic E-state index is 0.0647. The smallest absolute Gasteiger partial charge is 0.268 e. The summed E-state index contributed by atoms with van der Waals surface area (Å²) >= 11 is 25.6. The quantitative estimate of drug-likeness (QED) is 0.550. The van der Waals surface area contributed by atoms with E-state index in [1.807, 2.05) is 0 Å². The second-order valence-corrected chi connectivity index (χ2v) is 8.43. The maximum atomic E-state index is 12.5. The number of imide groups is 1. The second-order valence-electron chi connectivity index (χ2n) is 4.63. The molecule has 1 aliphatic heterocycles. The molecule has 3 rings (SSSR count). The summed E-state index contributed by atoms with van der Waals surface area (Å²) in [6.45, 7) is 0.0647. The van der Waals surface area contributed by atoms with Crippen LogP contribution in [0.3, 0.4) is 0 Å². The molecule has 0 spiro atoms. The van der Waals surface area contributed by atoms with E-state index >= 15 is 0 Å². The molecule has 2 aromatic rings. The number of carbonyl (C=O) groups is 2. The molecule has 2 heterocycles. The molecule has 4 nitrogen and oxygen atoms in total. The molecule has 124 valence electrons. The Kier molecular flexibility index (Phi) is 5.44. The largest absolute Gasteiger partial charge is 0.293 e. The van der Waals surface area contributed by atoms with Crippen LogP contribution in [0.1, 0.15) is 10.4 Å². The van der Waals surface area contributed by atoms with Gasteiger partial charge in [-0.3, -0.25) is 14.5 Å². The average molecular weight is 440 g/mol. The Morgan fingerprint density at radius 3 is 2.54 bits per heavy atom. The van der Waals surface area contributed by atoms with Crippen LogP contribution in [0.4, 0.5) is 4.79 Å². The summed E-state index contributed by atoms with van der Waals surface area (Å²) in [7, 11) is 0. The summed E-state index contributed by atoms with van der Waals surface area (Å²) in [6, 6.07) is 4.89. The molecule has 0 bridgehead atoms. The van der Waals surface area contributed by atoms with Crippen molar-refractivity contribution in [2.45, 2.75) is 6.54 Å². The number of amides is 2. The molecule has 0 unspecified atom stereocenters. The number of aromatic nitrogens is 1. The SMILES string of the molecule is O=C1S/C(=C\c2sc(Cl)nc2Cl)C(=O)N1Cc1ccc(Cl)cc1Cl. The first-order valence-electron chi connectivity index (χ1n) is 6.36. The van der Waals surface area contributed by atoms with Crippen LogP contribution in [0.2, 0.25) is 19.7 Å². The van der Waals surface area contributed by atoms with Crippen molar-refractivity contribution in [1.29, 1.82) is 0 Å². The third-order valence-electron chi connectivity index (χ3n) is 3.06. The molecular weight excluding hydrogens is 434 g/mol. The zero-order valence-corrected chi connectivity index (χ0v) is 16.2. The average Bonchev–Trinajstić information content (AvgIpc) is 2.95. The lowest BCUT2D eigenvalue weighted by Crippen LogP contribution is -2.27. The minimum atomic E-state index is -0.420. The van der Waals surface area contributed by atoms with Gasteiger partial charge in [-0.2, -0.15) is 0 Å². The van der Waals surface area contributed by atoms with E-state index in [0.29, 0.717) is 20.5 Å². The molecule has 1 fully saturated rings. The topological polar surface area (TPSA) is 50.3 Å². The van der Waals surface area contributed by atoms with Crippen molar-refractivity contribution in [3.8, 4) is 0 Å². The monoisotopic (exact) mass is 438 g/mol. The van der Waals surface area contributed by atoms with Gasteiger partial charge in [-0.1, -0.05) is 52.5 Å². The fraction of sp³-hybridized carbons (Fsp3) is 0.0714. The summed E-state index contributed by atoms with van der Waals surface area (Å²) in [5.41, 5.74) is 0.628. The van der Waals surface area contributed by atoms with Crippen LogP contribution in [0, 0.1) is 0 Å². The van der Waals surface area contributed by atoms with Crippen molar-refractivity contribution in [2.24, 2.45) is 0 Å². The molecule has 2 amide bonds. The van der Waals surface area contributed by atoms with E-state index in [1.54, 1.807) is 18.2 Å². The van der Waals surface area contributed by atoms with Gasteiger partial charge >= 0.3 is 0 Å². The highest BCUT2D eigenvalue weighted by Crippen LogP contribution is 2.37. The van der Waals surface area contributed by atoms with Crippen molar-refractivity contribution < 1.29 is 9.59 Å². The number of carbonyl (C=O) groups excluding carboxylic acids is 2. The van der Waals surface area contributed by atoms with Gasteiger partial charge in [-0.25, -0.2) is 4.98 Å². The lowest BCUT2D eigenvalue weighted by molar-refractivity contribution is -0.123. The maximum Gasteiger partial charge on any atom is 0.293 e. The van der Waals surface area contributed by atoms with E-state index in [1.165, 1.54) is 6.08 Å². The lowest BCUT2D eigenvalue weighted by Gasteiger charge is -2.13. The number of rotatable bonds is 3. The van der Waals surface area contributed by atoms with E-state index in [4.69, 9.17) is 46.4 Å². The van der Waals surface area contributed by atoms with E-state index in [9.17, 15) is 9.59 Å². The first-order valence-corrected chi connectivity index (χ1v) is 9.51. The zero-order chi connectivity index (χ0) is 17.4. The number of hydrogen-bond donors (Lipinski definition) is 0. The third-order valence-corrected chi connectivity index (χ3v) is 6.06. The van der Waals surface area contributed by atoms with Crippen molar-refractivity contribution in [1.82, 2.24) is 9.88 Å². The third kappa shape index (κ3) is 3.74. The molecule has 0 radical (unpaired) electrons. The first kappa shape index (κ1) is 18.0. The molecule has 1 aromatic carbocycles. The highest BCUT2D eigenvalue weighted by Gasteiger charge is 2.35.